The molecule has 1 aromatic carbocycles. The van der Waals surface area contributed by atoms with E-state index in [1.807, 2.05) is 12.1 Å². The molecular formula is C20H31N3O2. The van der Waals surface area contributed by atoms with E-state index in [2.05, 4.69) is 33.9 Å². The zero-order valence-corrected chi connectivity index (χ0v) is 15.4. The van der Waals surface area contributed by atoms with Gasteiger partial charge in [0.05, 0.1) is 13.2 Å². The van der Waals surface area contributed by atoms with E-state index < -0.39 is 0 Å². The zero-order valence-electron chi connectivity index (χ0n) is 15.4. The Bertz CT molecular complexity index is 578. The van der Waals surface area contributed by atoms with Crippen LogP contribution in [0, 0.1) is 5.92 Å². The normalized spacial score (nSPS) is 23.0. The lowest BCUT2D eigenvalue weighted by Crippen LogP contribution is -2.40. The number of carbonyl (C=O) groups excluding carboxylic acids is 1. The lowest BCUT2D eigenvalue weighted by atomic mass is 9.97. The molecular weight excluding hydrogens is 314 g/mol. The first-order chi connectivity index (χ1) is 12.1. The molecule has 0 aliphatic carbocycles. The van der Waals surface area contributed by atoms with Gasteiger partial charge in [0.2, 0.25) is 5.91 Å². The van der Waals surface area contributed by atoms with E-state index in [-0.39, 0.29) is 12.5 Å². The second-order valence-corrected chi connectivity index (χ2v) is 7.61. The third-order valence-electron chi connectivity index (χ3n) is 5.51. The standard InChI is InChI=1S/C20H31N3O2/c1-21-7-3-8-22(11-10-21)15-20(25)23-9-6-18(14-23)12-17-4-2-5-19(13-17)16-24/h2,4-5,13,18,24H,3,6-12,14-16H2,1H3/t18-/m0/s1. The van der Waals surface area contributed by atoms with Crippen molar-refractivity contribution < 1.29 is 9.90 Å². The van der Waals surface area contributed by atoms with Gasteiger partial charge in [-0.3, -0.25) is 9.69 Å². The molecule has 5 nitrogen and oxygen atoms in total. The maximum Gasteiger partial charge on any atom is 0.236 e. The van der Waals surface area contributed by atoms with Crippen LogP contribution in [0.2, 0.25) is 0 Å². The second kappa shape index (κ2) is 8.79. The van der Waals surface area contributed by atoms with Gasteiger partial charge >= 0.3 is 0 Å². The molecule has 2 saturated heterocycles. The summed E-state index contributed by atoms with van der Waals surface area (Å²) in [5.41, 5.74) is 2.23. The molecule has 0 spiro atoms. The second-order valence-electron chi connectivity index (χ2n) is 7.61. The van der Waals surface area contributed by atoms with Gasteiger partial charge in [-0.05, 0) is 56.4 Å². The number of hydrogen-bond donors (Lipinski definition) is 1. The minimum Gasteiger partial charge on any atom is -0.392 e. The largest absolute Gasteiger partial charge is 0.392 e. The smallest absolute Gasteiger partial charge is 0.236 e. The highest BCUT2D eigenvalue weighted by Crippen LogP contribution is 2.22. The highest BCUT2D eigenvalue weighted by Gasteiger charge is 2.27. The molecule has 138 valence electrons. The number of carbonyl (C=O) groups is 1. The summed E-state index contributed by atoms with van der Waals surface area (Å²) in [5.74, 6) is 0.823. The average molecular weight is 345 g/mol. The van der Waals surface area contributed by atoms with Crippen molar-refractivity contribution in [3.8, 4) is 0 Å². The molecule has 0 saturated carbocycles. The van der Waals surface area contributed by atoms with Gasteiger partial charge in [0, 0.05) is 26.2 Å². The fraction of sp³-hybridized carbons (Fsp3) is 0.650. The molecule has 0 radical (unpaired) electrons. The van der Waals surface area contributed by atoms with Crippen LogP contribution >= 0.6 is 0 Å². The summed E-state index contributed by atoms with van der Waals surface area (Å²) in [6.07, 6.45) is 3.22. The van der Waals surface area contributed by atoms with Crippen LogP contribution in [0.15, 0.2) is 24.3 Å². The van der Waals surface area contributed by atoms with Gasteiger partial charge in [0.15, 0.2) is 0 Å². The number of amides is 1. The van der Waals surface area contributed by atoms with E-state index in [9.17, 15) is 9.90 Å². The van der Waals surface area contributed by atoms with Crippen molar-refractivity contribution in [3.05, 3.63) is 35.4 Å². The number of likely N-dealkylation sites (N-methyl/N-ethyl adjacent to an activating group) is 1. The molecule has 0 aromatic heterocycles. The van der Waals surface area contributed by atoms with E-state index in [1.165, 1.54) is 5.56 Å². The fourth-order valence-corrected chi connectivity index (χ4v) is 3.96. The van der Waals surface area contributed by atoms with Crippen molar-refractivity contribution in [3.63, 3.8) is 0 Å². The topological polar surface area (TPSA) is 47.0 Å². The van der Waals surface area contributed by atoms with Crippen LogP contribution in [-0.4, -0.2) is 78.6 Å². The van der Waals surface area contributed by atoms with Gasteiger partial charge in [-0.15, -0.1) is 0 Å². The minimum atomic E-state index is 0.0914. The number of rotatable bonds is 5. The van der Waals surface area contributed by atoms with Crippen molar-refractivity contribution in [2.45, 2.75) is 25.9 Å². The van der Waals surface area contributed by atoms with E-state index in [4.69, 9.17) is 0 Å². The molecule has 3 rings (SSSR count). The van der Waals surface area contributed by atoms with Crippen LogP contribution in [-0.2, 0) is 17.8 Å². The number of benzene rings is 1. The monoisotopic (exact) mass is 345 g/mol. The number of hydrogen-bond acceptors (Lipinski definition) is 4. The summed E-state index contributed by atoms with van der Waals surface area (Å²) in [7, 11) is 2.15. The number of likely N-dealkylation sites (tertiary alicyclic amines) is 1. The molecule has 1 amide bonds. The summed E-state index contributed by atoms with van der Waals surface area (Å²) in [6, 6.07) is 8.16. The maximum atomic E-state index is 12.6. The van der Waals surface area contributed by atoms with Crippen molar-refractivity contribution in [1.29, 1.82) is 0 Å². The van der Waals surface area contributed by atoms with Crippen LogP contribution in [0.25, 0.3) is 0 Å². The molecule has 1 atom stereocenters. The third-order valence-corrected chi connectivity index (χ3v) is 5.51. The Labute approximate surface area is 151 Å². The highest BCUT2D eigenvalue weighted by atomic mass is 16.3. The van der Waals surface area contributed by atoms with Gasteiger partial charge in [-0.2, -0.15) is 0 Å². The molecule has 0 unspecified atom stereocenters. The van der Waals surface area contributed by atoms with E-state index in [0.29, 0.717) is 12.5 Å². The van der Waals surface area contributed by atoms with E-state index in [0.717, 1.165) is 64.1 Å². The van der Waals surface area contributed by atoms with Crippen LogP contribution in [0.4, 0.5) is 0 Å². The summed E-state index contributed by atoms with van der Waals surface area (Å²) in [4.78, 5) is 19.3. The highest BCUT2D eigenvalue weighted by molar-refractivity contribution is 5.78. The molecule has 1 aromatic rings. The summed E-state index contributed by atoms with van der Waals surface area (Å²) in [5, 5.41) is 9.27. The van der Waals surface area contributed by atoms with Crippen LogP contribution in [0.1, 0.15) is 24.0 Å². The first-order valence-electron chi connectivity index (χ1n) is 9.51. The molecule has 0 bridgehead atoms. The van der Waals surface area contributed by atoms with Crippen molar-refractivity contribution in [1.82, 2.24) is 14.7 Å². The van der Waals surface area contributed by atoms with Gasteiger partial charge in [-0.1, -0.05) is 24.3 Å². The molecule has 2 fully saturated rings. The van der Waals surface area contributed by atoms with Crippen LogP contribution < -0.4 is 0 Å². The van der Waals surface area contributed by atoms with E-state index in [1.54, 1.807) is 0 Å². The Morgan fingerprint density at radius 2 is 2.00 bits per heavy atom. The molecule has 25 heavy (non-hydrogen) atoms. The van der Waals surface area contributed by atoms with Crippen molar-refractivity contribution in [2.75, 3.05) is 52.9 Å². The Hall–Kier alpha value is -1.43. The van der Waals surface area contributed by atoms with Crippen molar-refractivity contribution in [2.24, 2.45) is 5.92 Å². The zero-order chi connectivity index (χ0) is 17.6. The lowest BCUT2D eigenvalue weighted by Gasteiger charge is -2.23. The van der Waals surface area contributed by atoms with Gasteiger partial charge in [0.25, 0.3) is 0 Å². The average Bonchev–Trinajstić information content (AvgIpc) is 2.98. The Morgan fingerprint density at radius 1 is 1.16 bits per heavy atom. The first kappa shape index (κ1) is 18.4. The quantitative estimate of drug-likeness (QED) is 0.871. The summed E-state index contributed by atoms with van der Waals surface area (Å²) in [6.45, 7) is 6.62. The predicted octanol–water partition coefficient (Wildman–Crippen LogP) is 1.21. The van der Waals surface area contributed by atoms with Crippen LogP contribution in [0.5, 0.6) is 0 Å². The summed E-state index contributed by atoms with van der Waals surface area (Å²) < 4.78 is 0. The van der Waals surface area contributed by atoms with Crippen LogP contribution in [0.3, 0.4) is 0 Å². The Balaban J connectivity index is 1.47. The number of aliphatic hydroxyl groups excluding tert-OH is 1. The summed E-state index contributed by atoms with van der Waals surface area (Å²) >= 11 is 0. The lowest BCUT2D eigenvalue weighted by molar-refractivity contribution is -0.131. The first-order valence-corrected chi connectivity index (χ1v) is 9.51. The molecule has 2 aliphatic heterocycles. The van der Waals surface area contributed by atoms with E-state index >= 15 is 0 Å². The molecule has 2 heterocycles. The molecule has 5 heteroatoms. The molecule has 2 aliphatic rings. The maximum absolute atomic E-state index is 12.6. The van der Waals surface area contributed by atoms with Gasteiger partial charge in [-0.25, -0.2) is 0 Å². The molecule has 1 N–H and O–H groups in total. The van der Waals surface area contributed by atoms with Gasteiger partial charge < -0.3 is 14.9 Å². The fourth-order valence-electron chi connectivity index (χ4n) is 3.96. The Kier molecular flexibility index (Phi) is 6.45. The minimum absolute atomic E-state index is 0.0914. The van der Waals surface area contributed by atoms with Gasteiger partial charge in [0.1, 0.15) is 0 Å². The third kappa shape index (κ3) is 5.27. The Morgan fingerprint density at radius 3 is 2.84 bits per heavy atom. The number of aliphatic hydroxyl groups is 1. The number of nitrogens with zero attached hydrogens (tertiary/aromatic N) is 3. The van der Waals surface area contributed by atoms with Crippen molar-refractivity contribution >= 4 is 5.91 Å². The predicted molar refractivity (Wildman–Crippen MR) is 99.3 cm³/mol. The SMILES string of the molecule is CN1CCCN(CC(=O)N2CC[C@@H](Cc3cccc(CO)c3)C2)CC1.